The Labute approximate surface area is 306 Å². The predicted octanol–water partition coefficient (Wildman–Crippen LogP) is 4.51. The summed E-state index contributed by atoms with van der Waals surface area (Å²) in [6.07, 6.45) is -0.638. The molecule has 3 rings (SSSR count). The molecule has 4 N–H and O–H groups in total. The number of hydrogen-bond acceptors (Lipinski definition) is 10. The maximum atomic E-state index is 12.9. The second-order valence-electron chi connectivity index (χ2n) is 16.9. The third-order valence-electron chi connectivity index (χ3n) is 11.9. The minimum atomic E-state index is -2.22. The quantitative estimate of drug-likeness (QED) is 0.106. The Morgan fingerprint density at radius 1 is 0.840 bits per heavy atom. The number of aliphatic hydroxyl groups is 2. The Kier molecular flexibility index (Phi) is 14.1. The summed E-state index contributed by atoms with van der Waals surface area (Å²) < 4.78 is 23.6. The number of rotatable bonds is 15. The van der Waals surface area contributed by atoms with Crippen molar-refractivity contribution < 1.29 is 47.7 Å². The van der Waals surface area contributed by atoms with E-state index in [-0.39, 0.29) is 42.3 Å². The van der Waals surface area contributed by atoms with Crippen LogP contribution in [0.5, 0.6) is 0 Å². The zero-order valence-electron chi connectivity index (χ0n) is 33.0. The van der Waals surface area contributed by atoms with Crippen LogP contribution in [0.25, 0.3) is 0 Å². The number of alkyl halides is 1. The first-order valence-corrected chi connectivity index (χ1v) is 24.4. The van der Waals surface area contributed by atoms with E-state index in [9.17, 15) is 29.4 Å². The second-order valence-corrected chi connectivity index (χ2v) is 26.5. The van der Waals surface area contributed by atoms with Gasteiger partial charge in [-0.1, -0.05) is 55.4 Å². The van der Waals surface area contributed by atoms with Gasteiger partial charge in [0.1, 0.15) is 5.60 Å². The molecule has 0 aromatic carbocycles. The van der Waals surface area contributed by atoms with E-state index in [0.717, 1.165) is 0 Å². The Morgan fingerprint density at radius 2 is 1.30 bits per heavy atom. The summed E-state index contributed by atoms with van der Waals surface area (Å²) in [4.78, 5) is 50.7. The average molecular weight is 766 g/mol. The van der Waals surface area contributed by atoms with Gasteiger partial charge in [0, 0.05) is 12.5 Å². The summed E-state index contributed by atoms with van der Waals surface area (Å²) in [7, 11) is -3.02. The molecule has 3 aliphatic rings. The van der Waals surface area contributed by atoms with E-state index in [1.807, 2.05) is 34.6 Å². The molecule has 8 atom stereocenters. The lowest BCUT2D eigenvalue weighted by Crippen LogP contribution is -2.81. The number of carbonyl (C=O) groups excluding carboxylic acids is 4. The molecule has 3 fully saturated rings. The van der Waals surface area contributed by atoms with Crippen molar-refractivity contribution in [2.75, 3.05) is 19.6 Å². The van der Waals surface area contributed by atoms with Gasteiger partial charge in [-0.3, -0.25) is 9.59 Å². The predicted molar refractivity (Wildman–Crippen MR) is 197 cm³/mol. The van der Waals surface area contributed by atoms with Crippen molar-refractivity contribution in [3.63, 3.8) is 0 Å². The van der Waals surface area contributed by atoms with Crippen LogP contribution in [-0.4, -0.2) is 105 Å². The molecule has 12 nitrogen and oxygen atoms in total. The fourth-order valence-electron chi connectivity index (χ4n) is 7.30. The van der Waals surface area contributed by atoms with Crippen LogP contribution < -0.4 is 10.6 Å². The van der Waals surface area contributed by atoms with E-state index in [1.165, 1.54) is 14.0 Å². The summed E-state index contributed by atoms with van der Waals surface area (Å²) in [5.41, 5.74) is -4.83. The van der Waals surface area contributed by atoms with Crippen LogP contribution in [-0.2, 0) is 37.5 Å². The van der Waals surface area contributed by atoms with Gasteiger partial charge in [-0.05, 0) is 75.8 Å². The first kappa shape index (κ1) is 44.6. The third-order valence-corrected chi connectivity index (χ3v) is 19.4. The van der Waals surface area contributed by atoms with Crippen LogP contribution in [0.2, 0.25) is 37.3 Å². The smallest absolute Gasteiger partial charge is 0.339 e. The van der Waals surface area contributed by atoms with Crippen molar-refractivity contribution in [1.29, 1.82) is 0 Å². The van der Waals surface area contributed by atoms with E-state index < -0.39 is 74.8 Å². The topological polar surface area (TPSA) is 170 Å². The van der Waals surface area contributed by atoms with Gasteiger partial charge in [0.05, 0.1) is 31.2 Å². The summed E-state index contributed by atoms with van der Waals surface area (Å²) in [6, 6.07) is 0. The molecule has 3 aliphatic heterocycles. The zero-order valence-corrected chi connectivity index (χ0v) is 35.7. The molecule has 2 amide bonds. The molecule has 290 valence electrons. The fourth-order valence-corrected chi connectivity index (χ4v) is 10.3. The van der Waals surface area contributed by atoms with Crippen LogP contribution in [0.3, 0.4) is 0 Å². The van der Waals surface area contributed by atoms with Gasteiger partial charge in [-0.15, -0.1) is 11.6 Å². The summed E-state index contributed by atoms with van der Waals surface area (Å²) in [5, 5.41) is 26.3. The van der Waals surface area contributed by atoms with Gasteiger partial charge in [-0.25, -0.2) is 9.59 Å². The highest BCUT2D eigenvalue weighted by Gasteiger charge is 2.79. The monoisotopic (exact) mass is 764 g/mol. The molecular formula is C35H65ClN2O10Si2. The maximum absolute atomic E-state index is 12.9. The molecule has 0 unspecified atom stereocenters. The number of esters is 2. The fraction of sp³-hybridized carbons (Fsp3) is 0.886. The molecule has 50 heavy (non-hydrogen) atoms. The standard InChI is InChI=1S/C18H35NO6Si.C17H30ClNO4Si/c1-11(2)14(25-26(7,8)12(3)4)18(16(22)24-6)17(5,23)13(9-10-20)15(21)19-18;1-10(2)13(23-24(6,7)11(3)4)17-15(21)22-16(17,5)12(8-9-18)14(20)19-17/h11-14,20,23H,9-10H2,1-8H3,(H,19,21);10-13H,8-9H2,1-7H3,(H,19,20)/t13-,14-,17-,18-;12-,13-,16-,17-/m00/s1. The summed E-state index contributed by atoms with van der Waals surface area (Å²) in [5.74, 6) is -2.87. The van der Waals surface area contributed by atoms with E-state index >= 15 is 0 Å². The highest BCUT2D eigenvalue weighted by atomic mass is 35.5. The Hall–Kier alpha value is -1.56. The third kappa shape index (κ3) is 7.45. The van der Waals surface area contributed by atoms with Gasteiger partial charge in [0.15, 0.2) is 27.8 Å². The normalized spacial score (nSPS) is 32.2. The number of halogens is 1. The zero-order chi connectivity index (χ0) is 39.0. The SMILES string of the molecule is CC(C)[C@H](O[Si](C)(C)C(C)C)[C@@]12NC(=O)[C@H](CCCl)[C@]1(C)OC2=O.COC(=O)[C@]1([C@@H](O[Si](C)(C)C(C)C)C(C)C)NC(=O)[C@H](CCO)[C@]1(C)O. The van der Waals surface area contributed by atoms with E-state index in [1.54, 1.807) is 0 Å². The molecule has 3 heterocycles. The van der Waals surface area contributed by atoms with E-state index in [2.05, 4.69) is 64.5 Å². The van der Waals surface area contributed by atoms with Gasteiger partial charge < -0.3 is 39.2 Å². The van der Waals surface area contributed by atoms with Crippen LogP contribution in [0.1, 0.15) is 82.1 Å². The minimum absolute atomic E-state index is 0.0490. The molecule has 0 saturated carbocycles. The number of aliphatic hydroxyl groups excluding tert-OH is 1. The lowest BCUT2D eigenvalue weighted by Gasteiger charge is -2.56. The highest BCUT2D eigenvalue weighted by Crippen LogP contribution is 2.54. The second kappa shape index (κ2) is 15.8. The first-order chi connectivity index (χ1) is 22.7. The van der Waals surface area contributed by atoms with Crippen molar-refractivity contribution in [2.24, 2.45) is 23.7 Å². The highest BCUT2D eigenvalue weighted by molar-refractivity contribution is 6.73. The molecule has 0 aromatic heterocycles. The lowest BCUT2D eigenvalue weighted by atomic mass is 9.66. The largest absolute Gasteiger partial charge is 0.467 e. The van der Waals surface area contributed by atoms with Gasteiger partial charge in [0.25, 0.3) is 0 Å². The Bertz CT molecular complexity index is 1260. The Morgan fingerprint density at radius 3 is 1.68 bits per heavy atom. The molecule has 0 spiro atoms. The van der Waals surface area contributed by atoms with Crippen molar-refractivity contribution in [2.45, 2.75) is 154 Å². The summed E-state index contributed by atoms with van der Waals surface area (Å²) >= 11 is 5.87. The minimum Gasteiger partial charge on any atom is -0.467 e. The van der Waals surface area contributed by atoms with Crippen LogP contribution in [0.15, 0.2) is 0 Å². The number of ether oxygens (including phenoxy) is 2. The van der Waals surface area contributed by atoms with E-state index in [0.29, 0.717) is 17.8 Å². The molecule has 0 bridgehead atoms. The van der Waals surface area contributed by atoms with Crippen molar-refractivity contribution >= 4 is 52.0 Å². The number of nitrogens with one attached hydrogen (secondary N) is 2. The van der Waals surface area contributed by atoms with E-state index in [4.69, 9.17) is 29.9 Å². The number of amides is 2. The van der Waals surface area contributed by atoms with Crippen molar-refractivity contribution in [3.8, 4) is 0 Å². The van der Waals surface area contributed by atoms with Crippen molar-refractivity contribution in [1.82, 2.24) is 10.6 Å². The first-order valence-electron chi connectivity index (χ1n) is 17.9. The van der Waals surface area contributed by atoms with Gasteiger partial charge >= 0.3 is 11.9 Å². The number of fused-ring (bicyclic) bond motifs is 1. The molecule has 0 radical (unpaired) electrons. The Balaban J connectivity index is 0.000000348. The van der Waals surface area contributed by atoms with Crippen LogP contribution in [0, 0.1) is 23.7 Å². The molecule has 3 saturated heterocycles. The maximum Gasteiger partial charge on any atom is 0.339 e. The average Bonchev–Trinajstić information content (AvgIpc) is 3.30. The number of methoxy groups -OCH3 is 1. The van der Waals surface area contributed by atoms with Crippen LogP contribution >= 0.6 is 11.6 Å². The lowest BCUT2D eigenvalue weighted by molar-refractivity contribution is -0.236. The molecular weight excluding hydrogens is 700 g/mol. The molecule has 15 heteroatoms. The van der Waals surface area contributed by atoms with Gasteiger partial charge in [0.2, 0.25) is 17.4 Å². The van der Waals surface area contributed by atoms with Gasteiger partial charge in [-0.2, -0.15) is 0 Å². The van der Waals surface area contributed by atoms with Crippen LogP contribution in [0.4, 0.5) is 0 Å². The number of carbonyl (C=O) groups is 4. The van der Waals surface area contributed by atoms with Crippen molar-refractivity contribution in [3.05, 3.63) is 0 Å². The molecule has 0 aromatic rings. The molecule has 0 aliphatic carbocycles. The number of hydrogen-bond donors (Lipinski definition) is 4. The summed E-state index contributed by atoms with van der Waals surface area (Å²) in [6.45, 7) is 27.7.